The molecule has 5 rings (SSSR count). The lowest BCUT2D eigenvalue weighted by Crippen LogP contribution is -2.48. The van der Waals surface area contributed by atoms with E-state index in [9.17, 15) is 9.59 Å². The second-order valence-electron chi connectivity index (χ2n) is 8.77. The normalized spacial score (nSPS) is 11.9. The largest absolute Gasteiger partial charge is 0.457 e. The van der Waals surface area contributed by atoms with Gasteiger partial charge < -0.3 is 24.4 Å². The van der Waals surface area contributed by atoms with Crippen molar-refractivity contribution in [3.63, 3.8) is 0 Å². The Morgan fingerprint density at radius 2 is 1.75 bits per heavy atom. The topological polar surface area (TPSA) is 87.6 Å². The molecule has 3 aromatic carbocycles. The number of aromatic amines is 1. The van der Waals surface area contributed by atoms with Gasteiger partial charge in [0, 0.05) is 42.5 Å². The molecule has 2 heterocycles. The second-order valence-corrected chi connectivity index (χ2v) is 8.77. The van der Waals surface area contributed by atoms with Crippen molar-refractivity contribution in [1.29, 1.82) is 0 Å². The van der Waals surface area contributed by atoms with Crippen LogP contribution in [0, 0.1) is 0 Å². The molecule has 0 spiro atoms. The van der Waals surface area contributed by atoms with Crippen LogP contribution in [0.1, 0.15) is 16.9 Å². The number of amides is 2. The van der Waals surface area contributed by atoms with Crippen molar-refractivity contribution in [3.8, 4) is 0 Å². The van der Waals surface area contributed by atoms with Gasteiger partial charge in [-0.1, -0.05) is 66.7 Å². The summed E-state index contributed by atoms with van der Waals surface area (Å²) in [7, 11) is 1.74. The van der Waals surface area contributed by atoms with Crippen LogP contribution in [0.5, 0.6) is 0 Å². The van der Waals surface area contributed by atoms with Crippen LogP contribution < -0.4 is 5.32 Å². The van der Waals surface area contributed by atoms with Gasteiger partial charge in [-0.25, -0.2) is 4.79 Å². The Bertz CT molecular complexity index is 1460. The average molecular weight is 482 g/mol. The number of ether oxygens (including phenoxy) is 1. The summed E-state index contributed by atoms with van der Waals surface area (Å²) < 4.78 is 11.1. The highest BCUT2D eigenvalue weighted by Crippen LogP contribution is 2.21. The molecule has 7 nitrogen and oxygen atoms in total. The summed E-state index contributed by atoms with van der Waals surface area (Å²) in [5.74, 6) is 0.330. The third-order valence-electron chi connectivity index (χ3n) is 6.15. The van der Waals surface area contributed by atoms with Gasteiger partial charge in [0.25, 0.3) is 0 Å². The third kappa shape index (κ3) is 5.25. The quantitative estimate of drug-likeness (QED) is 0.310. The first-order valence-corrected chi connectivity index (χ1v) is 11.8. The number of para-hydroxylation sites is 2. The van der Waals surface area contributed by atoms with Crippen molar-refractivity contribution >= 4 is 33.9 Å². The molecule has 182 valence electrons. The SMILES string of the molecule is CN(Cc1ccccc1)C(=O)C(Cc1c[nH]c2ccccc12)NC(=O)OCc1cc2ccccc2o1. The lowest BCUT2D eigenvalue weighted by atomic mass is 10.0. The van der Waals surface area contributed by atoms with E-state index in [4.69, 9.17) is 9.15 Å². The van der Waals surface area contributed by atoms with Crippen molar-refractivity contribution in [2.75, 3.05) is 7.05 Å². The molecule has 1 unspecified atom stereocenters. The van der Waals surface area contributed by atoms with Crippen LogP contribution in [0.4, 0.5) is 4.79 Å². The van der Waals surface area contributed by atoms with Gasteiger partial charge in [-0.3, -0.25) is 4.79 Å². The first-order valence-electron chi connectivity index (χ1n) is 11.8. The van der Waals surface area contributed by atoms with E-state index in [1.165, 1.54) is 0 Å². The van der Waals surface area contributed by atoms with Gasteiger partial charge >= 0.3 is 6.09 Å². The van der Waals surface area contributed by atoms with Crippen molar-refractivity contribution in [1.82, 2.24) is 15.2 Å². The molecule has 0 aliphatic rings. The number of nitrogens with zero attached hydrogens (tertiary/aromatic N) is 1. The van der Waals surface area contributed by atoms with Gasteiger partial charge in [-0.2, -0.15) is 0 Å². The van der Waals surface area contributed by atoms with Gasteiger partial charge in [-0.15, -0.1) is 0 Å². The highest BCUT2D eigenvalue weighted by Gasteiger charge is 2.26. The number of nitrogens with one attached hydrogen (secondary N) is 2. The lowest BCUT2D eigenvalue weighted by Gasteiger charge is -2.24. The van der Waals surface area contributed by atoms with Crippen molar-refractivity contribution in [2.45, 2.75) is 25.6 Å². The third-order valence-corrected chi connectivity index (χ3v) is 6.15. The number of alkyl carbamates (subject to hydrolysis) is 1. The van der Waals surface area contributed by atoms with Crippen LogP contribution in [-0.4, -0.2) is 35.0 Å². The van der Waals surface area contributed by atoms with Crippen LogP contribution in [0.3, 0.4) is 0 Å². The number of rotatable bonds is 8. The Hall–Kier alpha value is -4.52. The lowest BCUT2D eigenvalue weighted by molar-refractivity contribution is -0.132. The Balaban J connectivity index is 1.30. The molecule has 36 heavy (non-hydrogen) atoms. The Kier molecular flexibility index (Phi) is 6.71. The monoisotopic (exact) mass is 481 g/mol. The minimum absolute atomic E-state index is 0.0334. The van der Waals surface area contributed by atoms with Gasteiger partial charge in [0.15, 0.2) is 6.61 Å². The van der Waals surface area contributed by atoms with Gasteiger partial charge in [0.05, 0.1) is 0 Å². The fourth-order valence-corrected chi connectivity index (χ4v) is 4.35. The predicted molar refractivity (Wildman–Crippen MR) is 138 cm³/mol. The van der Waals surface area contributed by atoms with E-state index in [1.54, 1.807) is 11.9 Å². The zero-order chi connectivity index (χ0) is 24.9. The van der Waals surface area contributed by atoms with Crippen molar-refractivity contribution < 1.29 is 18.7 Å². The van der Waals surface area contributed by atoms with Crippen LogP contribution in [0.15, 0.2) is 95.5 Å². The maximum absolute atomic E-state index is 13.5. The summed E-state index contributed by atoms with van der Waals surface area (Å²) in [5, 5.41) is 4.73. The number of hydrogen-bond acceptors (Lipinski definition) is 4. The van der Waals surface area contributed by atoms with Gasteiger partial charge in [0.1, 0.15) is 17.4 Å². The molecule has 2 amide bonds. The van der Waals surface area contributed by atoms with Crippen LogP contribution in [0.25, 0.3) is 21.9 Å². The number of aromatic nitrogens is 1. The standard InChI is InChI=1S/C29H27N3O4/c1-32(18-20-9-3-2-4-10-20)28(33)26(16-22-17-30-25-13-7-6-12-24(22)25)31-29(34)35-19-23-15-21-11-5-8-14-27(21)36-23/h2-15,17,26,30H,16,18-19H2,1H3,(H,31,34). The molecular weight excluding hydrogens is 454 g/mol. The van der Waals surface area contributed by atoms with E-state index in [2.05, 4.69) is 10.3 Å². The van der Waals surface area contributed by atoms with Crippen molar-refractivity contribution in [2.24, 2.45) is 0 Å². The molecule has 2 aromatic heterocycles. The number of H-pyrrole nitrogens is 1. The fourth-order valence-electron chi connectivity index (χ4n) is 4.35. The summed E-state index contributed by atoms with van der Waals surface area (Å²) in [6.07, 6.45) is 1.52. The average Bonchev–Trinajstić information content (AvgIpc) is 3.51. The zero-order valence-corrected chi connectivity index (χ0v) is 19.9. The number of fused-ring (bicyclic) bond motifs is 2. The van der Waals surface area contributed by atoms with E-state index in [0.29, 0.717) is 18.7 Å². The van der Waals surface area contributed by atoms with E-state index in [0.717, 1.165) is 33.0 Å². The minimum atomic E-state index is -0.805. The van der Waals surface area contributed by atoms with E-state index >= 15 is 0 Å². The first kappa shape index (κ1) is 23.2. The molecule has 0 aliphatic carbocycles. The Morgan fingerprint density at radius 1 is 1.00 bits per heavy atom. The molecule has 0 aliphatic heterocycles. The molecule has 5 aromatic rings. The van der Waals surface area contributed by atoms with E-state index in [1.807, 2.05) is 91.1 Å². The first-order chi connectivity index (χ1) is 17.6. The molecule has 0 saturated carbocycles. The Morgan fingerprint density at radius 3 is 2.58 bits per heavy atom. The molecule has 7 heteroatoms. The summed E-state index contributed by atoms with van der Waals surface area (Å²) in [6, 6.07) is 26.2. The molecule has 2 N–H and O–H groups in total. The maximum atomic E-state index is 13.5. The smallest absolute Gasteiger partial charge is 0.408 e. The van der Waals surface area contributed by atoms with Gasteiger partial charge in [0.2, 0.25) is 5.91 Å². The maximum Gasteiger partial charge on any atom is 0.408 e. The van der Waals surface area contributed by atoms with E-state index < -0.39 is 12.1 Å². The van der Waals surface area contributed by atoms with Gasteiger partial charge in [-0.05, 0) is 29.3 Å². The summed E-state index contributed by atoms with van der Waals surface area (Å²) in [5.41, 5.74) is 3.65. The Labute approximate surface area is 208 Å². The highest BCUT2D eigenvalue weighted by molar-refractivity contribution is 5.88. The number of carbonyl (C=O) groups is 2. The van der Waals surface area contributed by atoms with E-state index in [-0.39, 0.29) is 12.5 Å². The highest BCUT2D eigenvalue weighted by atomic mass is 16.6. The van der Waals surface area contributed by atoms with Crippen molar-refractivity contribution in [3.05, 3.63) is 108 Å². The summed E-state index contributed by atoms with van der Waals surface area (Å²) >= 11 is 0. The number of likely N-dealkylation sites (N-methyl/N-ethyl adjacent to an activating group) is 1. The second kappa shape index (κ2) is 10.4. The predicted octanol–water partition coefficient (Wildman–Crippen LogP) is 5.41. The number of furan rings is 1. The molecule has 0 saturated heterocycles. The zero-order valence-electron chi connectivity index (χ0n) is 19.9. The van der Waals surface area contributed by atoms with Crippen LogP contribution in [0.2, 0.25) is 0 Å². The summed E-state index contributed by atoms with van der Waals surface area (Å²) in [4.78, 5) is 31.1. The number of carbonyl (C=O) groups excluding carboxylic acids is 2. The van der Waals surface area contributed by atoms with Crippen LogP contribution in [-0.2, 0) is 29.1 Å². The molecule has 1 atom stereocenters. The number of benzene rings is 3. The molecular formula is C29H27N3O4. The number of hydrogen-bond donors (Lipinski definition) is 2. The molecule has 0 radical (unpaired) electrons. The minimum Gasteiger partial charge on any atom is -0.457 e. The fraction of sp³-hybridized carbons (Fsp3) is 0.172. The summed E-state index contributed by atoms with van der Waals surface area (Å²) in [6.45, 7) is 0.397. The molecule has 0 bridgehead atoms. The van der Waals surface area contributed by atoms with Crippen LogP contribution >= 0.6 is 0 Å². The molecule has 0 fully saturated rings.